The number of aliphatic hydroxyl groups excluding tert-OH is 1. The van der Waals surface area contributed by atoms with Crippen LogP contribution in [0.4, 0.5) is 0 Å². The molecule has 1 aliphatic heterocycles. The normalized spacial score (nSPS) is 22.2. The number of likely N-dealkylation sites (N-methyl/N-ethyl adjacent to an activating group) is 1. The second-order valence-electron chi connectivity index (χ2n) is 9.26. The zero-order valence-corrected chi connectivity index (χ0v) is 19.6. The third-order valence-corrected chi connectivity index (χ3v) is 6.61. The molecule has 2 aliphatic rings. The number of aromatic nitrogens is 1. The van der Waals surface area contributed by atoms with Crippen LogP contribution >= 0.6 is 0 Å². The van der Waals surface area contributed by atoms with Gasteiger partial charge in [0.2, 0.25) is 11.8 Å². The zero-order chi connectivity index (χ0) is 23.3. The summed E-state index contributed by atoms with van der Waals surface area (Å²) in [6.07, 6.45) is 7.23. The Labute approximate surface area is 191 Å². The lowest BCUT2D eigenvalue weighted by molar-refractivity contribution is -0.129. The largest absolute Gasteiger partial charge is 0.472 e. The minimum absolute atomic E-state index is 0.0550. The molecule has 0 saturated heterocycles. The van der Waals surface area contributed by atoms with Gasteiger partial charge in [0, 0.05) is 44.6 Å². The van der Waals surface area contributed by atoms with E-state index in [-0.39, 0.29) is 42.4 Å². The Hall–Kier alpha value is -2.59. The molecule has 7 heteroatoms. The van der Waals surface area contributed by atoms with Crippen LogP contribution < -0.4 is 4.74 Å². The van der Waals surface area contributed by atoms with Gasteiger partial charge >= 0.3 is 0 Å². The Morgan fingerprint density at radius 3 is 2.78 bits per heavy atom. The number of carbonyl (C=O) groups excluding carboxylic acids is 2. The highest BCUT2D eigenvalue weighted by Gasteiger charge is 2.34. The van der Waals surface area contributed by atoms with Crippen molar-refractivity contribution in [3.63, 3.8) is 0 Å². The third-order valence-electron chi connectivity index (χ3n) is 6.61. The zero-order valence-electron chi connectivity index (χ0n) is 19.6. The van der Waals surface area contributed by atoms with E-state index in [9.17, 15) is 14.7 Å². The maximum absolute atomic E-state index is 13.4. The Morgan fingerprint density at radius 1 is 1.41 bits per heavy atom. The van der Waals surface area contributed by atoms with Crippen molar-refractivity contribution in [1.29, 1.82) is 0 Å². The quantitative estimate of drug-likeness (QED) is 0.711. The van der Waals surface area contributed by atoms with E-state index in [1.54, 1.807) is 29.1 Å². The predicted molar refractivity (Wildman–Crippen MR) is 122 cm³/mol. The molecule has 1 aromatic rings. The minimum atomic E-state index is -0.348. The van der Waals surface area contributed by atoms with Crippen LogP contribution in [0.3, 0.4) is 0 Å². The molecule has 1 fully saturated rings. The van der Waals surface area contributed by atoms with Gasteiger partial charge in [0.05, 0.1) is 19.2 Å². The van der Waals surface area contributed by atoms with E-state index in [0.717, 1.165) is 6.42 Å². The fourth-order valence-electron chi connectivity index (χ4n) is 4.30. The number of rotatable bonds is 5. The summed E-state index contributed by atoms with van der Waals surface area (Å²) in [5.41, 5.74) is 1.03. The number of hydrogen-bond acceptors (Lipinski definition) is 5. The van der Waals surface area contributed by atoms with Crippen molar-refractivity contribution in [2.24, 2.45) is 11.8 Å². The Kier molecular flexibility index (Phi) is 8.14. The van der Waals surface area contributed by atoms with Gasteiger partial charge in [0.1, 0.15) is 11.7 Å². The lowest BCUT2D eigenvalue weighted by Gasteiger charge is -2.37. The van der Waals surface area contributed by atoms with Crippen LogP contribution in [-0.4, -0.2) is 70.6 Å². The monoisotopic (exact) mass is 441 g/mol. The highest BCUT2D eigenvalue weighted by Crippen LogP contribution is 2.28. The number of pyridine rings is 1. The molecule has 0 unspecified atom stereocenters. The van der Waals surface area contributed by atoms with Crippen LogP contribution in [0.15, 0.2) is 12.3 Å². The van der Waals surface area contributed by atoms with Crippen molar-refractivity contribution in [3.05, 3.63) is 23.4 Å². The van der Waals surface area contributed by atoms with Gasteiger partial charge in [0.15, 0.2) is 0 Å². The predicted octanol–water partition coefficient (Wildman–Crippen LogP) is 2.71. The Morgan fingerprint density at radius 2 is 2.12 bits per heavy atom. The molecule has 3 atom stereocenters. The summed E-state index contributed by atoms with van der Waals surface area (Å²) in [5.74, 6) is 7.00. The molecule has 1 saturated carbocycles. The van der Waals surface area contributed by atoms with Crippen molar-refractivity contribution in [3.8, 4) is 17.7 Å². The van der Waals surface area contributed by atoms with Gasteiger partial charge in [-0.05, 0) is 31.7 Å². The fraction of sp³-hybridized carbons (Fsp3) is 0.640. The molecule has 3 rings (SSSR count). The molecule has 0 aromatic carbocycles. The van der Waals surface area contributed by atoms with Crippen LogP contribution in [0.25, 0.3) is 0 Å². The lowest BCUT2D eigenvalue weighted by Crippen LogP contribution is -2.50. The van der Waals surface area contributed by atoms with Crippen molar-refractivity contribution < 1.29 is 19.4 Å². The van der Waals surface area contributed by atoms with Gasteiger partial charge in [-0.1, -0.05) is 31.6 Å². The number of amides is 2. The van der Waals surface area contributed by atoms with Crippen LogP contribution in [0, 0.1) is 23.7 Å². The molecule has 1 aliphatic carbocycles. The van der Waals surface area contributed by atoms with Gasteiger partial charge in [-0.15, -0.1) is 0 Å². The Bertz CT molecular complexity index is 885. The van der Waals surface area contributed by atoms with E-state index >= 15 is 0 Å². The van der Waals surface area contributed by atoms with Crippen LogP contribution in [0.2, 0.25) is 0 Å². The molecule has 0 bridgehead atoms. The molecule has 1 N–H and O–H groups in total. The second kappa shape index (κ2) is 10.8. The van der Waals surface area contributed by atoms with Crippen molar-refractivity contribution in [2.75, 3.05) is 26.7 Å². The van der Waals surface area contributed by atoms with Crippen molar-refractivity contribution >= 4 is 11.8 Å². The van der Waals surface area contributed by atoms with Gasteiger partial charge in [0.25, 0.3) is 5.91 Å². The van der Waals surface area contributed by atoms with E-state index in [0.29, 0.717) is 30.1 Å². The van der Waals surface area contributed by atoms with E-state index in [1.807, 2.05) is 13.8 Å². The van der Waals surface area contributed by atoms with Gasteiger partial charge < -0.3 is 19.6 Å². The molecular weight excluding hydrogens is 406 g/mol. The first-order valence-electron chi connectivity index (χ1n) is 11.6. The van der Waals surface area contributed by atoms with E-state index in [1.165, 1.54) is 32.6 Å². The van der Waals surface area contributed by atoms with Crippen molar-refractivity contribution in [1.82, 2.24) is 14.8 Å². The van der Waals surface area contributed by atoms with E-state index < -0.39 is 0 Å². The molecular formula is C25H35N3O4. The van der Waals surface area contributed by atoms with Gasteiger partial charge in [-0.2, -0.15) is 0 Å². The second-order valence-corrected chi connectivity index (χ2v) is 9.26. The molecule has 2 amide bonds. The molecule has 32 heavy (non-hydrogen) atoms. The summed E-state index contributed by atoms with van der Waals surface area (Å²) in [5, 5.41) is 9.74. The maximum Gasteiger partial charge on any atom is 0.259 e. The van der Waals surface area contributed by atoms with Crippen LogP contribution in [0.1, 0.15) is 68.8 Å². The maximum atomic E-state index is 13.4. The van der Waals surface area contributed by atoms with Crippen LogP contribution in [-0.2, 0) is 4.79 Å². The number of nitrogens with zero attached hydrogens (tertiary/aromatic N) is 3. The SMILES string of the molecule is CC(=O)N(C)C[C@@H]1Oc2ncc(C#CCC3CCCC3)cc2C(=O)N([C@H](C)CO)C[C@H]1C. The summed E-state index contributed by atoms with van der Waals surface area (Å²) < 4.78 is 6.18. The smallest absolute Gasteiger partial charge is 0.259 e. The average molecular weight is 442 g/mol. The summed E-state index contributed by atoms with van der Waals surface area (Å²) in [6, 6.07) is 1.39. The summed E-state index contributed by atoms with van der Waals surface area (Å²) in [7, 11) is 1.73. The van der Waals surface area contributed by atoms with E-state index in [2.05, 4.69) is 16.8 Å². The molecule has 2 heterocycles. The molecule has 1 aromatic heterocycles. The third kappa shape index (κ3) is 5.80. The molecule has 7 nitrogen and oxygen atoms in total. The molecule has 0 spiro atoms. The highest BCUT2D eigenvalue weighted by atomic mass is 16.5. The Balaban J connectivity index is 1.91. The fourth-order valence-corrected chi connectivity index (χ4v) is 4.30. The summed E-state index contributed by atoms with van der Waals surface area (Å²) in [4.78, 5) is 32.9. The molecule has 174 valence electrons. The summed E-state index contributed by atoms with van der Waals surface area (Å²) >= 11 is 0. The number of hydrogen-bond donors (Lipinski definition) is 1. The number of aliphatic hydroxyl groups is 1. The standard InChI is InChI=1S/C25H35N3O4/c1-17-14-28(18(2)16-29)25(31)22-12-21(11-7-10-20-8-5-6-9-20)13-26-24(22)32-23(17)15-27(4)19(3)30/h12-13,17-18,20,23,29H,5-6,8-10,14-16H2,1-4H3/t17-,18-,23+/m1/s1. The van der Waals surface area contributed by atoms with Gasteiger partial charge in [-0.25, -0.2) is 4.98 Å². The van der Waals surface area contributed by atoms with Crippen molar-refractivity contribution in [2.45, 2.75) is 65.0 Å². The number of carbonyl (C=O) groups is 2. The number of fused-ring (bicyclic) bond motifs is 1. The first-order chi connectivity index (χ1) is 15.3. The first-order valence-corrected chi connectivity index (χ1v) is 11.6. The highest BCUT2D eigenvalue weighted by molar-refractivity contribution is 5.97. The summed E-state index contributed by atoms with van der Waals surface area (Å²) in [6.45, 7) is 5.98. The average Bonchev–Trinajstić information content (AvgIpc) is 3.29. The van der Waals surface area contributed by atoms with E-state index in [4.69, 9.17) is 4.74 Å². The molecule has 0 radical (unpaired) electrons. The minimum Gasteiger partial charge on any atom is -0.472 e. The first kappa shape index (κ1) is 24.1. The van der Waals surface area contributed by atoms with Gasteiger partial charge in [-0.3, -0.25) is 9.59 Å². The van der Waals surface area contributed by atoms with Crippen LogP contribution in [0.5, 0.6) is 5.88 Å². The lowest BCUT2D eigenvalue weighted by atomic mass is 10.00. The number of ether oxygens (including phenoxy) is 1. The topological polar surface area (TPSA) is 83.0 Å².